The summed E-state index contributed by atoms with van der Waals surface area (Å²) in [6.45, 7) is 0.297. The van der Waals surface area contributed by atoms with Gasteiger partial charge in [-0.3, -0.25) is 9.59 Å². The largest absolute Gasteiger partial charge is 0.507 e. The van der Waals surface area contributed by atoms with Gasteiger partial charge < -0.3 is 14.7 Å². The first-order valence-electron chi connectivity index (χ1n) is 8.69. The molecule has 2 aromatic heterocycles. The van der Waals surface area contributed by atoms with E-state index in [-0.39, 0.29) is 11.3 Å². The Morgan fingerprint density at radius 2 is 1.93 bits per heavy atom. The maximum atomic E-state index is 12.9. The van der Waals surface area contributed by atoms with E-state index in [1.54, 1.807) is 18.2 Å². The molecule has 4 rings (SSSR count). The van der Waals surface area contributed by atoms with Crippen LogP contribution in [-0.4, -0.2) is 28.8 Å². The van der Waals surface area contributed by atoms with E-state index in [4.69, 9.17) is 16.3 Å². The van der Waals surface area contributed by atoms with Crippen LogP contribution in [0.5, 0.6) is 5.75 Å². The van der Waals surface area contributed by atoms with Crippen molar-refractivity contribution in [2.75, 3.05) is 7.11 Å². The molecule has 29 heavy (non-hydrogen) atoms. The van der Waals surface area contributed by atoms with E-state index < -0.39 is 17.7 Å². The van der Waals surface area contributed by atoms with Crippen LogP contribution in [0, 0.1) is 0 Å². The zero-order valence-corrected chi connectivity index (χ0v) is 17.7. The zero-order valence-electron chi connectivity index (χ0n) is 15.3. The molecule has 1 aliphatic rings. The molecule has 0 radical (unpaired) electrons. The van der Waals surface area contributed by atoms with E-state index in [1.165, 1.54) is 34.7 Å². The molecule has 1 N–H and O–H groups in total. The van der Waals surface area contributed by atoms with Gasteiger partial charge in [-0.15, -0.1) is 22.7 Å². The van der Waals surface area contributed by atoms with Gasteiger partial charge >= 0.3 is 0 Å². The van der Waals surface area contributed by atoms with Crippen molar-refractivity contribution in [3.05, 3.63) is 79.1 Å². The fourth-order valence-electron chi connectivity index (χ4n) is 3.32. The molecule has 1 aromatic carbocycles. The quantitative estimate of drug-likeness (QED) is 0.337. The molecule has 5 nitrogen and oxygen atoms in total. The molecular formula is C21H16ClNO4S2. The SMILES string of the molecule is COc1cc(/C(O)=C2/C(=O)C(=O)N(Cc3cccs3)C2c2cccs2)ccc1Cl. The fourth-order valence-corrected chi connectivity index (χ4v) is 5.06. The first kappa shape index (κ1) is 19.7. The summed E-state index contributed by atoms with van der Waals surface area (Å²) >= 11 is 9.02. The minimum absolute atomic E-state index is 0.0679. The van der Waals surface area contributed by atoms with Gasteiger partial charge in [-0.1, -0.05) is 23.7 Å². The Hall–Kier alpha value is -2.61. The summed E-state index contributed by atoms with van der Waals surface area (Å²) < 4.78 is 5.21. The van der Waals surface area contributed by atoms with Crippen LogP contribution in [0.25, 0.3) is 5.76 Å². The van der Waals surface area contributed by atoms with Crippen molar-refractivity contribution < 1.29 is 19.4 Å². The molecule has 0 spiro atoms. The molecule has 1 aliphatic heterocycles. The van der Waals surface area contributed by atoms with Crippen LogP contribution < -0.4 is 4.74 Å². The van der Waals surface area contributed by atoms with Gasteiger partial charge in [0.1, 0.15) is 17.6 Å². The summed E-state index contributed by atoms with van der Waals surface area (Å²) in [5.74, 6) is -1.20. The molecule has 1 amide bonds. The number of ether oxygens (including phenoxy) is 1. The Balaban J connectivity index is 1.85. The molecule has 1 fully saturated rings. The Kier molecular flexibility index (Phi) is 5.45. The maximum Gasteiger partial charge on any atom is 0.296 e. The van der Waals surface area contributed by atoms with Crippen molar-refractivity contribution in [3.63, 3.8) is 0 Å². The zero-order chi connectivity index (χ0) is 20.5. The van der Waals surface area contributed by atoms with Crippen LogP contribution in [0.4, 0.5) is 0 Å². The van der Waals surface area contributed by atoms with E-state index in [0.29, 0.717) is 22.9 Å². The number of nitrogens with zero attached hydrogens (tertiary/aromatic N) is 1. The second-order valence-corrected chi connectivity index (χ2v) is 8.79. The smallest absolute Gasteiger partial charge is 0.296 e. The van der Waals surface area contributed by atoms with Gasteiger partial charge in [0.05, 0.1) is 24.3 Å². The van der Waals surface area contributed by atoms with Crippen LogP contribution in [0.1, 0.15) is 21.4 Å². The highest BCUT2D eigenvalue weighted by atomic mass is 35.5. The lowest BCUT2D eigenvalue weighted by molar-refractivity contribution is -0.140. The topological polar surface area (TPSA) is 66.8 Å². The normalized spacial score (nSPS) is 18.4. The van der Waals surface area contributed by atoms with Crippen LogP contribution in [0.15, 0.2) is 58.8 Å². The van der Waals surface area contributed by atoms with Crippen molar-refractivity contribution in [2.45, 2.75) is 12.6 Å². The number of rotatable bonds is 5. The number of hydrogen-bond donors (Lipinski definition) is 1. The minimum Gasteiger partial charge on any atom is -0.507 e. The predicted molar refractivity (Wildman–Crippen MR) is 114 cm³/mol. The van der Waals surface area contributed by atoms with E-state index in [1.807, 2.05) is 35.0 Å². The molecule has 1 atom stereocenters. The molecule has 3 aromatic rings. The first-order chi connectivity index (χ1) is 14.0. The molecule has 1 saturated heterocycles. The van der Waals surface area contributed by atoms with Crippen molar-refractivity contribution in [1.82, 2.24) is 4.90 Å². The summed E-state index contributed by atoms with van der Waals surface area (Å²) in [7, 11) is 1.47. The molecule has 3 heterocycles. The van der Waals surface area contributed by atoms with Crippen molar-refractivity contribution in [3.8, 4) is 5.75 Å². The van der Waals surface area contributed by atoms with Crippen molar-refractivity contribution in [1.29, 1.82) is 0 Å². The van der Waals surface area contributed by atoms with Gasteiger partial charge in [-0.2, -0.15) is 0 Å². The Morgan fingerprint density at radius 1 is 1.17 bits per heavy atom. The van der Waals surface area contributed by atoms with Crippen LogP contribution in [-0.2, 0) is 16.1 Å². The third-order valence-corrected chi connectivity index (χ3v) is 6.78. The summed E-state index contributed by atoms with van der Waals surface area (Å²) in [5.41, 5.74) is 0.431. The second kappa shape index (κ2) is 8.02. The minimum atomic E-state index is -0.702. The number of hydrogen-bond acceptors (Lipinski definition) is 6. The third kappa shape index (κ3) is 3.57. The summed E-state index contributed by atoms with van der Waals surface area (Å²) in [6.07, 6.45) is 0. The lowest BCUT2D eigenvalue weighted by atomic mass is 9.99. The number of halogens is 1. The number of amides is 1. The number of thiophene rings is 2. The average molecular weight is 446 g/mol. The molecule has 1 unspecified atom stereocenters. The van der Waals surface area contributed by atoms with E-state index in [0.717, 1.165) is 9.75 Å². The fraction of sp³-hybridized carbons (Fsp3) is 0.143. The number of aliphatic hydroxyl groups excluding tert-OH is 1. The number of Topliss-reactive ketones (excluding diaryl/α,β-unsaturated/α-hetero) is 1. The number of aliphatic hydroxyl groups is 1. The number of ketones is 1. The van der Waals surface area contributed by atoms with Gasteiger partial charge in [0.15, 0.2) is 0 Å². The van der Waals surface area contributed by atoms with Gasteiger partial charge in [0.2, 0.25) is 0 Å². The van der Waals surface area contributed by atoms with Crippen molar-refractivity contribution >= 4 is 51.7 Å². The molecule has 0 bridgehead atoms. The summed E-state index contributed by atoms with van der Waals surface area (Å²) in [4.78, 5) is 29.1. The standard InChI is InChI=1S/C21H16ClNO4S2/c1-27-15-10-12(6-7-14(15)22)19(24)17-18(16-5-3-9-29-16)23(21(26)20(17)25)11-13-4-2-8-28-13/h2-10,18,24H,11H2,1H3/b19-17-. The molecule has 8 heteroatoms. The van der Waals surface area contributed by atoms with E-state index in [2.05, 4.69) is 0 Å². The molecule has 0 saturated carbocycles. The van der Waals surface area contributed by atoms with Crippen molar-refractivity contribution in [2.24, 2.45) is 0 Å². The van der Waals surface area contributed by atoms with Gasteiger partial charge in [-0.25, -0.2) is 0 Å². The van der Waals surface area contributed by atoms with Gasteiger partial charge in [-0.05, 0) is 41.1 Å². The van der Waals surface area contributed by atoms with E-state index in [9.17, 15) is 14.7 Å². The lowest BCUT2D eigenvalue weighted by Crippen LogP contribution is -2.28. The number of carbonyl (C=O) groups excluding carboxylic acids is 2. The van der Waals surface area contributed by atoms with Crippen LogP contribution >= 0.6 is 34.3 Å². The molecular weight excluding hydrogens is 430 g/mol. The maximum absolute atomic E-state index is 12.9. The Morgan fingerprint density at radius 3 is 2.59 bits per heavy atom. The summed E-state index contributed by atoms with van der Waals surface area (Å²) in [6, 6.07) is 11.6. The number of carbonyl (C=O) groups is 2. The van der Waals surface area contributed by atoms with Gasteiger partial charge in [0.25, 0.3) is 11.7 Å². The van der Waals surface area contributed by atoms with E-state index >= 15 is 0 Å². The molecule has 148 valence electrons. The first-order valence-corrected chi connectivity index (χ1v) is 10.8. The Labute approximate surface area is 180 Å². The van der Waals surface area contributed by atoms with Crippen LogP contribution in [0.3, 0.4) is 0 Å². The second-order valence-electron chi connectivity index (χ2n) is 6.37. The highest BCUT2D eigenvalue weighted by Gasteiger charge is 2.46. The lowest BCUT2D eigenvalue weighted by Gasteiger charge is -2.23. The number of likely N-dealkylation sites (tertiary alicyclic amines) is 1. The highest BCUT2D eigenvalue weighted by molar-refractivity contribution is 7.10. The molecule has 0 aliphatic carbocycles. The predicted octanol–water partition coefficient (Wildman–Crippen LogP) is 5.09. The third-order valence-electron chi connectivity index (χ3n) is 4.68. The monoisotopic (exact) mass is 445 g/mol. The number of benzene rings is 1. The van der Waals surface area contributed by atoms with Gasteiger partial charge in [0, 0.05) is 15.3 Å². The summed E-state index contributed by atoms with van der Waals surface area (Å²) in [5, 5.41) is 15.2. The van der Waals surface area contributed by atoms with Crippen LogP contribution in [0.2, 0.25) is 5.02 Å². The highest BCUT2D eigenvalue weighted by Crippen LogP contribution is 2.42. The average Bonchev–Trinajstić information content (AvgIpc) is 3.47. The number of methoxy groups -OCH3 is 1. The Bertz CT molecular complexity index is 1090.